The summed E-state index contributed by atoms with van der Waals surface area (Å²) in [5.74, 6) is 1.70. The summed E-state index contributed by atoms with van der Waals surface area (Å²) in [6, 6.07) is 0.606. The van der Waals surface area contributed by atoms with E-state index < -0.39 is 0 Å². The van der Waals surface area contributed by atoms with Gasteiger partial charge < -0.3 is 10.1 Å². The Morgan fingerprint density at radius 1 is 1.36 bits per heavy atom. The molecule has 0 amide bonds. The minimum absolute atomic E-state index is 0.606. The first kappa shape index (κ1) is 12.0. The summed E-state index contributed by atoms with van der Waals surface area (Å²) >= 11 is 0. The second-order valence-electron chi connectivity index (χ2n) is 4.84. The van der Waals surface area contributed by atoms with Crippen molar-refractivity contribution in [3.63, 3.8) is 0 Å². The summed E-state index contributed by atoms with van der Waals surface area (Å²) in [7, 11) is 2.04. The lowest BCUT2D eigenvalue weighted by Crippen LogP contribution is -2.32. The van der Waals surface area contributed by atoms with Crippen molar-refractivity contribution in [2.75, 3.05) is 20.3 Å². The number of ether oxygens (including phenoxy) is 1. The van der Waals surface area contributed by atoms with Gasteiger partial charge in [0.1, 0.15) is 0 Å². The number of likely N-dealkylation sites (N-methyl/N-ethyl adjacent to an activating group) is 1. The molecule has 1 saturated carbocycles. The molecule has 1 aliphatic carbocycles. The molecule has 2 nitrogen and oxygen atoms in total. The van der Waals surface area contributed by atoms with Crippen LogP contribution in [0.2, 0.25) is 0 Å². The molecule has 1 unspecified atom stereocenters. The quantitative estimate of drug-likeness (QED) is 0.606. The van der Waals surface area contributed by atoms with Gasteiger partial charge in [-0.25, -0.2) is 0 Å². The van der Waals surface area contributed by atoms with Crippen LogP contribution in [0.25, 0.3) is 0 Å². The molecular formula is C12H25NO. The SMILES string of the molecule is CNC(COCCCC(C)C)C1CC1. The third kappa shape index (κ3) is 4.97. The molecule has 1 N–H and O–H groups in total. The summed E-state index contributed by atoms with van der Waals surface area (Å²) in [4.78, 5) is 0. The van der Waals surface area contributed by atoms with E-state index >= 15 is 0 Å². The molecular weight excluding hydrogens is 174 g/mol. The van der Waals surface area contributed by atoms with Gasteiger partial charge in [0.25, 0.3) is 0 Å². The van der Waals surface area contributed by atoms with Crippen molar-refractivity contribution in [1.82, 2.24) is 5.32 Å². The highest BCUT2D eigenvalue weighted by molar-refractivity contribution is 4.85. The molecule has 0 saturated heterocycles. The molecule has 0 aliphatic heterocycles. The van der Waals surface area contributed by atoms with Crippen molar-refractivity contribution in [3.05, 3.63) is 0 Å². The van der Waals surface area contributed by atoms with E-state index in [-0.39, 0.29) is 0 Å². The zero-order valence-corrected chi connectivity index (χ0v) is 9.88. The molecule has 2 heteroatoms. The van der Waals surface area contributed by atoms with Crippen molar-refractivity contribution >= 4 is 0 Å². The minimum atomic E-state index is 0.606. The second-order valence-corrected chi connectivity index (χ2v) is 4.84. The molecule has 0 aromatic carbocycles. The Morgan fingerprint density at radius 2 is 2.07 bits per heavy atom. The van der Waals surface area contributed by atoms with Crippen LogP contribution in [0.15, 0.2) is 0 Å². The molecule has 0 bridgehead atoms. The van der Waals surface area contributed by atoms with E-state index in [9.17, 15) is 0 Å². The fraction of sp³-hybridized carbons (Fsp3) is 1.00. The van der Waals surface area contributed by atoms with E-state index in [4.69, 9.17) is 4.74 Å². The Bertz CT molecular complexity index is 143. The highest BCUT2D eigenvalue weighted by Gasteiger charge is 2.29. The third-order valence-corrected chi connectivity index (χ3v) is 2.93. The van der Waals surface area contributed by atoms with E-state index in [1.54, 1.807) is 0 Å². The van der Waals surface area contributed by atoms with Gasteiger partial charge in [0.15, 0.2) is 0 Å². The Balaban J connectivity index is 1.91. The lowest BCUT2D eigenvalue weighted by atomic mass is 10.1. The molecule has 0 heterocycles. The molecule has 0 spiro atoms. The fourth-order valence-corrected chi connectivity index (χ4v) is 1.76. The first-order chi connectivity index (χ1) is 6.74. The summed E-state index contributed by atoms with van der Waals surface area (Å²) in [6.45, 7) is 6.36. The smallest absolute Gasteiger partial charge is 0.0622 e. The van der Waals surface area contributed by atoms with E-state index in [2.05, 4.69) is 19.2 Å². The van der Waals surface area contributed by atoms with Gasteiger partial charge in [0, 0.05) is 12.6 Å². The third-order valence-electron chi connectivity index (χ3n) is 2.93. The van der Waals surface area contributed by atoms with Gasteiger partial charge >= 0.3 is 0 Å². The second kappa shape index (κ2) is 6.41. The maximum atomic E-state index is 5.68. The molecule has 1 atom stereocenters. The van der Waals surface area contributed by atoms with Crippen LogP contribution in [-0.2, 0) is 4.74 Å². The van der Waals surface area contributed by atoms with Crippen molar-refractivity contribution in [2.45, 2.75) is 45.6 Å². The highest BCUT2D eigenvalue weighted by Crippen LogP contribution is 2.32. The van der Waals surface area contributed by atoms with Crippen molar-refractivity contribution < 1.29 is 4.74 Å². The zero-order chi connectivity index (χ0) is 10.4. The van der Waals surface area contributed by atoms with Crippen LogP contribution in [0.1, 0.15) is 39.5 Å². The number of hydrogen-bond donors (Lipinski definition) is 1. The van der Waals surface area contributed by atoms with E-state index in [1.165, 1.54) is 25.7 Å². The lowest BCUT2D eigenvalue weighted by Gasteiger charge is -2.15. The standard InChI is InChI=1S/C12H25NO/c1-10(2)5-4-8-14-9-12(13-3)11-6-7-11/h10-13H,4-9H2,1-3H3. The number of nitrogens with one attached hydrogen (secondary N) is 1. The average molecular weight is 199 g/mol. The molecule has 1 fully saturated rings. The Hall–Kier alpha value is -0.0800. The van der Waals surface area contributed by atoms with Crippen molar-refractivity contribution in [2.24, 2.45) is 11.8 Å². The van der Waals surface area contributed by atoms with E-state index in [1.807, 2.05) is 7.05 Å². The summed E-state index contributed by atoms with van der Waals surface area (Å²) < 4.78 is 5.68. The van der Waals surface area contributed by atoms with Crippen LogP contribution in [0.3, 0.4) is 0 Å². The normalized spacial score (nSPS) is 18.9. The molecule has 0 aromatic heterocycles. The van der Waals surface area contributed by atoms with Gasteiger partial charge in [0.2, 0.25) is 0 Å². The van der Waals surface area contributed by atoms with Crippen LogP contribution < -0.4 is 5.32 Å². The van der Waals surface area contributed by atoms with Gasteiger partial charge in [0.05, 0.1) is 6.61 Å². The summed E-state index contributed by atoms with van der Waals surface area (Å²) in [6.07, 6.45) is 5.27. The topological polar surface area (TPSA) is 21.3 Å². The summed E-state index contributed by atoms with van der Waals surface area (Å²) in [5.41, 5.74) is 0. The van der Waals surface area contributed by atoms with Crippen molar-refractivity contribution in [1.29, 1.82) is 0 Å². The first-order valence-corrected chi connectivity index (χ1v) is 5.99. The minimum Gasteiger partial charge on any atom is -0.380 e. The van der Waals surface area contributed by atoms with E-state index in [0.717, 1.165) is 25.0 Å². The lowest BCUT2D eigenvalue weighted by molar-refractivity contribution is 0.102. The number of rotatable bonds is 8. The molecule has 1 rings (SSSR count). The predicted octanol–water partition coefficient (Wildman–Crippen LogP) is 2.44. The molecule has 14 heavy (non-hydrogen) atoms. The van der Waals surface area contributed by atoms with Crippen LogP contribution in [0.5, 0.6) is 0 Å². The zero-order valence-electron chi connectivity index (χ0n) is 9.88. The van der Waals surface area contributed by atoms with Gasteiger partial charge in [-0.15, -0.1) is 0 Å². The van der Waals surface area contributed by atoms with Crippen LogP contribution in [0.4, 0.5) is 0 Å². The Kier molecular flexibility index (Phi) is 5.49. The first-order valence-electron chi connectivity index (χ1n) is 5.99. The Labute approximate surface area is 88.4 Å². The summed E-state index contributed by atoms with van der Waals surface area (Å²) in [5, 5.41) is 3.34. The van der Waals surface area contributed by atoms with Gasteiger partial charge in [-0.1, -0.05) is 13.8 Å². The van der Waals surface area contributed by atoms with E-state index in [0.29, 0.717) is 6.04 Å². The van der Waals surface area contributed by atoms with Crippen LogP contribution >= 0.6 is 0 Å². The average Bonchev–Trinajstić information content (AvgIpc) is 2.94. The highest BCUT2D eigenvalue weighted by atomic mass is 16.5. The van der Waals surface area contributed by atoms with Gasteiger partial charge in [-0.05, 0) is 44.6 Å². The maximum absolute atomic E-state index is 5.68. The molecule has 1 aliphatic rings. The monoisotopic (exact) mass is 199 g/mol. The van der Waals surface area contributed by atoms with Gasteiger partial charge in [-0.3, -0.25) is 0 Å². The van der Waals surface area contributed by atoms with Crippen molar-refractivity contribution in [3.8, 4) is 0 Å². The molecule has 0 radical (unpaired) electrons. The Morgan fingerprint density at radius 3 is 2.57 bits per heavy atom. The largest absolute Gasteiger partial charge is 0.380 e. The molecule has 84 valence electrons. The van der Waals surface area contributed by atoms with Gasteiger partial charge in [-0.2, -0.15) is 0 Å². The fourth-order valence-electron chi connectivity index (χ4n) is 1.76. The van der Waals surface area contributed by atoms with Crippen LogP contribution in [-0.4, -0.2) is 26.3 Å². The predicted molar refractivity (Wildman–Crippen MR) is 60.5 cm³/mol. The maximum Gasteiger partial charge on any atom is 0.0622 e. The van der Waals surface area contributed by atoms with Crippen LogP contribution in [0, 0.1) is 11.8 Å². The number of hydrogen-bond acceptors (Lipinski definition) is 2. The molecule has 0 aromatic rings.